The van der Waals surface area contributed by atoms with Gasteiger partial charge >= 0.3 is 0 Å². The van der Waals surface area contributed by atoms with E-state index in [4.69, 9.17) is 22.0 Å². The monoisotopic (exact) mass is 233 g/mol. The minimum Gasteiger partial charge on any atom is -0.384 e. The molecular formula is C12H15N3O2. The van der Waals surface area contributed by atoms with Gasteiger partial charge in [0.15, 0.2) is 0 Å². The number of aliphatic hydroxyl groups excluding tert-OH is 1. The van der Waals surface area contributed by atoms with E-state index in [0.717, 1.165) is 5.56 Å². The number of rotatable bonds is 5. The largest absolute Gasteiger partial charge is 0.384 e. The maximum absolute atomic E-state index is 10.6. The van der Waals surface area contributed by atoms with E-state index in [0.29, 0.717) is 5.56 Å². The molecule has 5 nitrogen and oxygen atoms in total. The molecule has 0 aliphatic heterocycles. The Morgan fingerprint density at radius 3 is 2.76 bits per heavy atom. The van der Waals surface area contributed by atoms with E-state index >= 15 is 0 Å². The van der Waals surface area contributed by atoms with Crippen LogP contribution in [0.5, 0.6) is 0 Å². The van der Waals surface area contributed by atoms with Crippen molar-refractivity contribution < 1.29 is 9.90 Å². The molecule has 1 rings (SSSR count). The predicted molar refractivity (Wildman–Crippen MR) is 66.3 cm³/mol. The van der Waals surface area contributed by atoms with E-state index in [-0.39, 0.29) is 12.3 Å². The van der Waals surface area contributed by atoms with Gasteiger partial charge in [-0.2, -0.15) is 0 Å². The molecule has 1 amide bonds. The number of nitrogens with one attached hydrogen (secondary N) is 1. The molecule has 1 unspecified atom stereocenters. The van der Waals surface area contributed by atoms with Crippen molar-refractivity contribution in [1.29, 1.82) is 5.41 Å². The van der Waals surface area contributed by atoms with E-state index in [1.54, 1.807) is 30.4 Å². The summed E-state index contributed by atoms with van der Waals surface area (Å²) in [5.74, 6) is -0.746. The van der Waals surface area contributed by atoms with Crippen LogP contribution < -0.4 is 11.5 Å². The zero-order chi connectivity index (χ0) is 12.8. The highest BCUT2D eigenvalue weighted by Crippen LogP contribution is 2.07. The Morgan fingerprint density at radius 2 is 2.18 bits per heavy atom. The maximum atomic E-state index is 10.6. The first-order valence-corrected chi connectivity index (χ1v) is 5.09. The Labute approximate surface area is 99.3 Å². The molecular weight excluding hydrogens is 218 g/mol. The Morgan fingerprint density at radius 1 is 1.47 bits per heavy atom. The first-order chi connectivity index (χ1) is 8.00. The quantitative estimate of drug-likeness (QED) is 0.431. The van der Waals surface area contributed by atoms with Crippen molar-refractivity contribution >= 4 is 17.8 Å². The summed E-state index contributed by atoms with van der Waals surface area (Å²) in [4.78, 5) is 10.6. The summed E-state index contributed by atoms with van der Waals surface area (Å²) in [5.41, 5.74) is 11.7. The summed E-state index contributed by atoms with van der Waals surface area (Å²) in [7, 11) is 0. The number of amides is 1. The van der Waals surface area contributed by atoms with E-state index < -0.39 is 12.0 Å². The third-order valence-electron chi connectivity index (χ3n) is 2.20. The molecule has 0 saturated carbocycles. The van der Waals surface area contributed by atoms with Gasteiger partial charge in [0.05, 0.1) is 0 Å². The molecule has 0 radical (unpaired) electrons. The summed E-state index contributed by atoms with van der Waals surface area (Å²) >= 11 is 0. The zero-order valence-electron chi connectivity index (χ0n) is 9.26. The molecule has 1 aromatic rings. The second-order valence-corrected chi connectivity index (χ2v) is 3.60. The van der Waals surface area contributed by atoms with Crippen LogP contribution in [0.4, 0.5) is 0 Å². The Kier molecular flexibility index (Phi) is 4.42. The number of carbonyl (C=O) groups excluding carboxylic acids is 1. The lowest BCUT2D eigenvalue weighted by atomic mass is 10.1. The molecule has 0 bridgehead atoms. The Hall–Kier alpha value is -2.14. The first kappa shape index (κ1) is 12.9. The minimum atomic E-state index is -1.16. The molecule has 0 aromatic heterocycles. The average Bonchev–Trinajstić information content (AvgIpc) is 2.29. The molecule has 0 fully saturated rings. The minimum absolute atomic E-state index is 0.00239. The van der Waals surface area contributed by atoms with Gasteiger partial charge in [-0.25, -0.2) is 0 Å². The van der Waals surface area contributed by atoms with Gasteiger partial charge in [-0.3, -0.25) is 10.2 Å². The molecule has 5 heteroatoms. The van der Waals surface area contributed by atoms with Crippen molar-refractivity contribution in [1.82, 2.24) is 0 Å². The van der Waals surface area contributed by atoms with Crippen molar-refractivity contribution in [3.8, 4) is 0 Å². The smallest absolute Gasteiger partial charge is 0.246 e. The summed E-state index contributed by atoms with van der Waals surface area (Å²) in [5, 5.41) is 16.5. The van der Waals surface area contributed by atoms with Crippen molar-refractivity contribution in [3.05, 3.63) is 41.5 Å². The molecule has 0 aliphatic carbocycles. The third kappa shape index (κ3) is 4.08. The van der Waals surface area contributed by atoms with E-state index in [1.807, 2.05) is 6.07 Å². The molecule has 6 N–H and O–H groups in total. The van der Waals surface area contributed by atoms with Gasteiger partial charge in [0.2, 0.25) is 5.91 Å². The SMILES string of the molecule is N=C(N)c1cccc(/C=C/CC(O)C(N)=O)c1. The molecule has 1 atom stereocenters. The number of amidine groups is 1. The second-order valence-electron chi connectivity index (χ2n) is 3.60. The molecule has 0 spiro atoms. The normalized spacial score (nSPS) is 12.5. The number of hydrogen-bond acceptors (Lipinski definition) is 3. The van der Waals surface area contributed by atoms with E-state index in [9.17, 15) is 4.79 Å². The van der Waals surface area contributed by atoms with Crippen molar-refractivity contribution in [3.63, 3.8) is 0 Å². The van der Waals surface area contributed by atoms with Crippen LogP contribution in [0.25, 0.3) is 6.08 Å². The Bertz CT molecular complexity index is 455. The Balaban J connectivity index is 2.68. The molecule has 0 saturated heterocycles. The van der Waals surface area contributed by atoms with Gasteiger partial charge in [0.1, 0.15) is 11.9 Å². The molecule has 17 heavy (non-hydrogen) atoms. The number of benzene rings is 1. The van der Waals surface area contributed by atoms with Crippen LogP contribution in [0, 0.1) is 5.41 Å². The number of primary amides is 1. The van der Waals surface area contributed by atoms with Gasteiger partial charge in [0, 0.05) is 12.0 Å². The second kappa shape index (κ2) is 5.81. The van der Waals surface area contributed by atoms with Crippen molar-refractivity contribution in [2.24, 2.45) is 11.5 Å². The number of aliphatic hydroxyl groups is 1. The van der Waals surface area contributed by atoms with Gasteiger partial charge in [-0.05, 0) is 11.6 Å². The van der Waals surface area contributed by atoms with Crippen LogP contribution in [0.2, 0.25) is 0 Å². The molecule has 90 valence electrons. The predicted octanol–water partition coefficient (Wildman–Crippen LogP) is 0.220. The summed E-state index contributed by atoms with van der Waals surface area (Å²) in [6, 6.07) is 7.09. The molecule has 0 aliphatic rings. The summed E-state index contributed by atoms with van der Waals surface area (Å²) < 4.78 is 0. The van der Waals surface area contributed by atoms with Gasteiger partial charge in [-0.15, -0.1) is 0 Å². The number of nitrogens with two attached hydrogens (primary N) is 2. The summed E-state index contributed by atoms with van der Waals surface area (Å²) in [6.07, 6.45) is 2.38. The van der Waals surface area contributed by atoms with Gasteiger partial charge in [0.25, 0.3) is 0 Å². The fraction of sp³-hybridized carbons (Fsp3) is 0.167. The highest BCUT2D eigenvalue weighted by Gasteiger charge is 2.07. The lowest BCUT2D eigenvalue weighted by molar-refractivity contribution is -0.125. The van der Waals surface area contributed by atoms with Crippen LogP contribution in [-0.2, 0) is 4.79 Å². The standard InChI is InChI=1S/C12H15N3O2/c13-11(14)9-5-1-3-8(7-9)4-2-6-10(16)12(15)17/h1-5,7,10,16H,6H2,(H3,13,14)(H2,15,17)/b4-2+. The maximum Gasteiger partial charge on any atom is 0.246 e. The van der Waals surface area contributed by atoms with Crippen LogP contribution in [0.15, 0.2) is 30.3 Å². The van der Waals surface area contributed by atoms with Gasteiger partial charge in [-0.1, -0.05) is 30.4 Å². The highest BCUT2D eigenvalue weighted by atomic mass is 16.3. The first-order valence-electron chi connectivity index (χ1n) is 5.09. The summed E-state index contributed by atoms with van der Waals surface area (Å²) in [6.45, 7) is 0. The van der Waals surface area contributed by atoms with Crippen molar-refractivity contribution in [2.75, 3.05) is 0 Å². The zero-order valence-corrected chi connectivity index (χ0v) is 9.26. The number of carbonyl (C=O) groups is 1. The fourth-order valence-electron chi connectivity index (χ4n) is 1.26. The van der Waals surface area contributed by atoms with Crippen LogP contribution >= 0.6 is 0 Å². The van der Waals surface area contributed by atoms with Gasteiger partial charge < -0.3 is 16.6 Å². The number of nitrogen functional groups attached to an aromatic ring is 1. The topological polar surface area (TPSA) is 113 Å². The van der Waals surface area contributed by atoms with Crippen LogP contribution in [0.3, 0.4) is 0 Å². The van der Waals surface area contributed by atoms with Crippen molar-refractivity contribution in [2.45, 2.75) is 12.5 Å². The average molecular weight is 233 g/mol. The molecule has 0 heterocycles. The third-order valence-corrected chi connectivity index (χ3v) is 2.20. The number of hydrogen-bond donors (Lipinski definition) is 4. The van der Waals surface area contributed by atoms with Crippen LogP contribution in [-0.4, -0.2) is 23.0 Å². The highest BCUT2D eigenvalue weighted by molar-refractivity contribution is 5.95. The molecule has 1 aromatic carbocycles. The van der Waals surface area contributed by atoms with E-state index in [2.05, 4.69) is 0 Å². The lowest BCUT2D eigenvalue weighted by Crippen LogP contribution is -2.27. The lowest BCUT2D eigenvalue weighted by Gasteiger charge is -2.02. The van der Waals surface area contributed by atoms with E-state index in [1.165, 1.54) is 0 Å². The fourth-order valence-corrected chi connectivity index (χ4v) is 1.26. The van der Waals surface area contributed by atoms with Crippen LogP contribution in [0.1, 0.15) is 17.5 Å².